The summed E-state index contributed by atoms with van der Waals surface area (Å²) in [5.74, 6) is 0. The van der Waals surface area contributed by atoms with Crippen LogP contribution < -0.4 is 4.90 Å². The Labute approximate surface area is 99.0 Å². The molecule has 1 aromatic rings. The van der Waals surface area contributed by atoms with Gasteiger partial charge in [0, 0.05) is 46.3 Å². The molecule has 0 aliphatic carbocycles. The van der Waals surface area contributed by atoms with Crippen LogP contribution in [0, 0.1) is 6.07 Å². The van der Waals surface area contributed by atoms with Gasteiger partial charge in [-0.1, -0.05) is 12.1 Å². The van der Waals surface area contributed by atoms with Crippen molar-refractivity contribution in [3.8, 4) is 0 Å². The first kappa shape index (κ1) is 10.2. The molecular formula is C10H12NY-. The normalized spacial score (nSPS) is 14.9. The van der Waals surface area contributed by atoms with E-state index in [0.29, 0.717) is 0 Å². The summed E-state index contributed by atoms with van der Waals surface area (Å²) in [7, 11) is 2.13. The fourth-order valence-corrected chi connectivity index (χ4v) is 1.64. The predicted molar refractivity (Wildman–Crippen MR) is 46.9 cm³/mol. The molecular weight excluding hydrogens is 223 g/mol. The van der Waals surface area contributed by atoms with Crippen molar-refractivity contribution >= 4 is 5.69 Å². The van der Waals surface area contributed by atoms with Crippen LogP contribution in [0.25, 0.3) is 0 Å². The van der Waals surface area contributed by atoms with E-state index in [1.54, 1.807) is 0 Å². The van der Waals surface area contributed by atoms with E-state index in [4.69, 9.17) is 0 Å². The number of rotatable bonds is 0. The van der Waals surface area contributed by atoms with Crippen molar-refractivity contribution in [1.82, 2.24) is 0 Å². The number of fused-ring (bicyclic) bond motifs is 1. The minimum absolute atomic E-state index is 0. The monoisotopic (exact) mass is 235 g/mol. The molecule has 1 radical (unpaired) electrons. The molecule has 0 unspecified atom stereocenters. The van der Waals surface area contributed by atoms with E-state index >= 15 is 0 Å². The fourth-order valence-electron chi connectivity index (χ4n) is 1.64. The second-order valence-electron chi connectivity index (χ2n) is 3.07. The minimum Gasteiger partial charge on any atom is -0.396 e. The Morgan fingerprint density at radius 3 is 3.08 bits per heavy atom. The van der Waals surface area contributed by atoms with Gasteiger partial charge in [0.2, 0.25) is 0 Å². The van der Waals surface area contributed by atoms with Crippen LogP contribution in [0.1, 0.15) is 12.0 Å². The molecule has 0 aromatic heterocycles. The van der Waals surface area contributed by atoms with Crippen molar-refractivity contribution in [2.75, 3.05) is 18.5 Å². The minimum atomic E-state index is 0. The van der Waals surface area contributed by atoms with Crippen molar-refractivity contribution in [2.24, 2.45) is 0 Å². The molecule has 2 rings (SSSR count). The van der Waals surface area contributed by atoms with Crippen LogP contribution >= 0.6 is 0 Å². The number of hydrogen-bond acceptors (Lipinski definition) is 1. The second-order valence-corrected chi connectivity index (χ2v) is 3.07. The summed E-state index contributed by atoms with van der Waals surface area (Å²) < 4.78 is 0. The molecule has 0 spiro atoms. The number of hydrogen-bond donors (Lipinski definition) is 0. The quantitative estimate of drug-likeness (QED) is 0.620. The molecule has 61 valence electrons. The van der Waals surface area contributed by atoms with Gasteiger partial charge in [-0.05, 0) is 6.42 Å². The van der Waals surface area contributed by atoms with E-state index in [2.05, 4.69) is 30.1 Å². The van der Waals surface area contributed by atoms with E-state index in [9.17, 15) is 0 Å². The average molecular weight is 235 g/mol. The Bertz CT molecular complexity index is 260. The first-order valence-corrected chi connectivity index (χ1v) is 4.08. The van der Waals surface area contributed by atoms with Gasteiger partial charge in [-0.2, -0.15) is 24.3 Å². The van der Waals surface area contributed by atoms with Crippen LogP contribution in [0.4, 0.5) is 5.69 Å². The molecule has 1 aliphatic heterocycles. The van der Waals surface area contributed by atoms with Gasteiger partial charge in [0.05, 0.1) is 0 Å². The van der Waals surface area contributed by atoms with Crippen molar-refractivity contribution in [2.45, 2.75) is 12.8 Å². The van der Waals surface area contributed by atoms with Crippen molar-refractivity contribution in [1.29, 1.82) is 0 Å². The molecule has 1 nitrogen and oxygen atoms in total. The molecule has 0 fully saturated rings. The first-order valence-electron chi connectivity index (χ1n) is 4.08. The zero-order valence-corrected chi connectivity index (χ0v) is 10.2. The third-order valence-corrected chi connectivity index (χ3v) is 2.24. The number of benzene rings is 1. The molecule has 2 heteroatoms. The molecule has 12 heavy (non-hydrogen) atoms. The average Bonchev–Trinajstić information content (AvgIpc) is 2.06. The van der Waals surface area contributed by atoms with E-state index in [1.807, 2.05) is 6.07 Å². The smallest absolute Gasteiger partial charge is 0.0146 e. The first-order chi connectivity index (χ1) is 5.38. The Balaban J connectivity index is 0.000000720. The SMILES string of the molecule is CN1CCCc2ccc[c-]c21.[Y]. The van der Waals surface area contributed by atoms with E-state index in [-0.39, 0.29) is 32.7 Å². The molecule has 0 amide bonds. The largest absolute Gasteiger partial charge is 0.396 e. The third-order valence-electron chi connectivity index (χ3n) is 2.24. The molecule has 0 atom stereocenters. The van der Waals surface area contributed by atoms with E-state index in [1.165, 1.54) is 30.6 Å². The zero-order chi connectivity index (χ0) is 7.68. The summed E-state index contributed by atoms with van der Waals surface area (Å²) in [4.78, 5) is 2.28. The number of nitrogens with zero attached hydrogens (tertiary/aromatic N) is 1. The summed E-state index contributed by atoms with van der Waals surface area (Å²) in [6.45, 7) is 1.17. The topological polar surface area (TPSA) is 3.24 Å². The molecule has 0 bridgehead atoms. The fraction of sp³-hybridized carbons (Fsp3) is 0.400. The molecule has 1 aliphatic rings. The number of aryl methyl sites for hydroxylation is 1. The standard InChI is InChI=1S/C10H12N.Y/c1-11-8-4-6-9-5-2-3-7-10(9)11;/h2-3,5H,4,6,8H2,1H3;/q-1;. The van der Waals surface area contributed by atoms with Crippen LogP contribution in [0.2, 0.25) is 0 Å². The van der Waals surface area contributed by atoms with Crippen LogP contribution in [0.3, 0.4) is 0 Å². The zero-order valence-electron chi connectivity index (χ0n) is 7.38. The summed E-state index contributed by atoms with van der Waals surface area (Å²) >= 11 is 0. The van der Waals surface area contributed by atoms with Crippen LogP contribution in [-0.2, 0) is 39.1 Å². The summed E-state index contributed by atoms with van der Waals surface area (Å²) in [5.41, 5.74) is 2.74. The van der Waals surface area contributed by atoms with E-state index in [0.717, 1.165) is 0 Å². The molecule has 1 heterocycles. The number of anilines is 1. The van der Waals surface area contributed by atoms with Gasteiger partial charge < -0.3 is 4.90 Å². The van der Waals surface area contributed by atoms with Crippen molar-refractivity contribution in [3.05, 3.63) is 29.8 Å². The van der Waals surface area contributed by atoms with Gasteiger partial charge in [-0.15, -0.1) is 5.56 Å². The summed E-state index contributed by atoms with van der Waals surface area (Å²) in [5, 5.41) is 0. The third kappa shape index (κ3) is 1.89. The van der Waals surface area contributed by atoms with Gasteiger partial charge in [0.1, 0.15) is 0 Å². The van der Waals surface area contributed by atoms with Crippen LogP contribution in [-0.4, -0.2) is 13.6 Å². The molecule has 0 saturated heterocycles. The Kier molecular flexibility index (Phi) is 3.73. The molecule has 0 N–H and O–H groups in total. The molecule has 1 aromatic carbocycles. The summed E-state index contributed by atoms with van der Waals surface area (Å²) in [6, 6.07) is 9.51. The van der Waals surface area contributed by atoms with Crippen molar-refractivity contribution in [3.63, 3.8) is 0 Å². The summed E-state index contributed by atoms with van der Waals surface area (Å²) in [6.07, 6.45) is 2.50. The van der Waals surface area contributed by atoms with Crippen molar-refractivity contribution < 1.29 is 32.7 Å². The Morgan fingerprint density at radius 1 is 1.50 bits per heavy atom. The van der Waals surface area contributed by atoms with Gasteiger partial charge in [0.15, 0.2) is 0 Å². The maximum atomic E-state index is 3.26. The van der Waals surface area contributed by atoms with Crippen LogP contribution in [0.15, 0.2) is 18.2 Å². The maximum absolute atomic E-state index is 3.26. The van der Waals surface area contributed by atoms with E-state index < -0.39 is 0 Å². The van der Waals surface area contributed by atoms with Gasteiger partial charge in [-0.25, -0.2) is 0 Å². The van der Waals surface area contributed by atoms with Gasteiger partial charge in [0.25, 0.3) is 0 Å². The van der Waals surface area contributed by atoms with Gasteiger partial charge >= 0.3 is 0 Å². The van der Waals surface area contributed by atoms with Gasteiger partial charge in [-0.3, -0.25) is 0 Å². The molecule has 0 saturated carbocycles. The second kappa shape index (κ2) is 4.39. The Hall–Kier alpha value is 0.124. The Morgan fingerprint density at radius 2 is 2.33 bits per heavy atom. The maximum Gasteiger partial charge on any atom is 0.0146 e. The van der Waals surface area contributed by atoms with Crippen LogP contribution in [0.5, 0.6) is 0 Å². The number of para-hydroxylation sites is 1. The predicted octanol–water partition coefficient (Wildman–Crippen LogP) is 1.87.